The maximum absolute atomic E-state index is 11.6. The molecule has 0 saturated heterocycles. The molecule has 1 aliphatic carbocycles. The van der Waals surface area contributed by atoms with Crippen molar-refractivity contribution >= 4 is 29.0 Å². The fourth-order valence-electron chi connectivity index (χ4n) is 1.80. The van der Waals surface area contributed by atoms with E-state index in [4.69, 9.17) is 23.2 Å². The van der Waals surface area contributed by atoms with Gasteiger partial charge in [-0.15, -0.1) is 23.2 Å². The summed E-state index contributed by atoms with van der Waals surface area (Å²) in [6.07, 6.45) is 1.54. The molecular formula is C9H14Cl2O2. The summed E-state index contributed by atoms with van der Waals surface area (Å²) in [6, 6.07) is 0. The Morgan fingerprint density at radius 3 is 2.31 bits per heavy atom. The molecule has 2 atom stereocenters. The number of ketones is 1. The van der Waals surface area contributed by atoms with Gasteiger partial charge in [0, 0.05) is 11.8 Å². The van der Waals surface area contributed by atoms with E-state index >= 15 is 0 Å². The Morgan fingerprint density at radius 2 is 2.00 bits per heavy atom. The number of halogens is 2. The van der Waals surface area contributed by atoms with E-state index in [0.717, 1.165) is 6.42 Å². The molecule has 1 fully saturated rings. The molecule has 1 aliphatic rings. The van der Waals surface area contributed by atoms with E-state index in [1.165, 1.54) is 0 Å². The van der Waals surface area contributed by atoms with E-state index in [-0.39, 0.29) is 29.4 Å². The zero-order valence-electron chi connectivity index (χ0n) is 7.59. The monoisotopic (exact) mass is 224 g/mol. The lowest BCUT2D eigenvalue weighted by atomic mass is 9.87. The van der Waals surface area contributed by atoms with Crippen LogP contribution in [0, 0.1) is 11.8 Å². The summed E-state index contributed by atoms with van der Waals surface area (Å²) < 4.78 is 0. The highest BCUT2D eigenvalue weighted by Crippen LogP contribution is 2.36. The minimum Gasteiger partial charge on any atom is -0.387 e. The molecule has 0 aromatic carbocycles. The zero-order chi connectivity index (χ0) is 10.1. The van der Waals surface area contributed by atoms with Crippen molar-refractivity contribution in [1.82, 2.24) is 0 Å². The largest absolute Gasteiger partial charge is 0.387 e. The lowest BCUT2D eigenvalue weighted by molar-refractivity contribution is -0.129. The first kappa shape index (κ1) is 11.3. The molecule has 1 saturated carbocycles. The third-order valence-electron chi connectivity index (χ3n) is 2.83. The molecule has 0 unspecified atom stereocenters. The molecule has 2 nitrogen and oxygen atoms in total. The summed E-state index contributed by atoms with van der Waals surface area (Å²) in [5.41, 5.74) is -1.20. The van der Waals surface area contributed by atoms with Gasteiger partial charge in [-0.1, -0.05) is 6.92 Å². The van der Waals surface area contributed by atoms with E-state index in [2.05, 4.69) is 0 Å². The maximum Gasteiger partial charge on any atom is 0.141 e. The van der Waals surface area contributed by atoms with Crippen molar-refractivity contribution < 1.29 is 9.90 Å². The Balaban J connectivity index is 2.76. The second-order valence-corrected chi connectivity index (χ2v) is 4.34. The minimum atomic E-state index is -1.20. The second-order valence-electron chi connectivity index (χ2n) is 3.80. The first-order valence-electron chi connectivity index (χ1n) is 4.43. The van der Waals surface area contributed by atoms with Gasteiger partial charge in [-0.2, -0.15) is 0 Å². The van der Waals surface area contributed by atoms with Gasteiger partial charge in [-0.25, -0.2) is 0 Å². The van der Waals surface area contributed by atoms with Crippen molar-refractivity contribution in [3.8, 4) is 0 Å². The van der Waals surface area contributed by atoms with E-state index in [1.54, 1.807) is 0 Å². The van der Waals surface area contributed by atoms with Gasteiger partial charge in [0.05, 0.1) is 11.8 Å². The smallest absolute Gasteiger partial charge is 0.141 e. The predicted octanol–water partition coefficient (Wildman–Crippen LogP) is 1.81. The van der Waals surface area contributed by atoms with Crippen molar-refractivity contribution in [3.63, 3.8) is 0 Å². The van der Waals surface area contributed by atoms with Gasteiger partial charge in [0.2, 0.25) is 0 Å². The number of alkyl halides is 2. The van der Waals surface area contributed by atoms with E-state index < -0.39 is 5.60 Å². The van der Waals surface area contributed by atoms with Crippen LogP contribution in [0.25, 0.3) is 0 Å². The van der Waals surface area contributed by atoms with Crippen LogP contribution in [0.2, 0.25) is 0 Å². The van der Waals surface area contributed by atoms with Crippen molar-refractivity contribution in [3.05, 3.63) is 0 Å². The minimum absolute atomic E-state index is 0.0274. The zero-order valence-corrected chi connectivity index (χ0v) is 9.11. The van der Waals surface area contributed by atoms with Crippen LogP contribution in [-0.4, -0.2) is 28.3 Å². The van der Waals surface area contributed by atoms with E-state index in [1.807, 2.05) is 6.92 Å². The van der Waals surface area contributed by atoms with Crippen molar-refractivity contribution in [2.75, 3.05) is 11.8 Å². The molecule has 0 amide bonds. The highest BCUT2D eigenvalue weighted by atomic mass is 35.5. The quantitative estimate of drug-likeness (QED) is 0.743. The Hall–Kier alpha value is 0.210. The Labute approximate surface area is 88.2 Å². The number of aliphatic hydroxyl groups is 1. The summed E-state index contributed by atoms with van der Waals surface area (Å²) in [5, 5.41) is 9.93. The van der Waals surface area contributed by atoms with Crippen LogP contribution >= 0.6 is 23.2 Å². The highest BCUT2D eigenvalue weighted by Gasteiger charge is 2.45. The van der Waals surface area contributed by atoms with Gasteiger partial charge in [0.1, 0.15) is 11.4 Å². The number of carbonyl (C=O) groups excluding carboxylic acids is 1. The van der Waals surface area contributed by atoms with Gasteiger partial charge in [0.25, 0.3) is 0 Å². The molecule has 1 N–H and O–H groups in total. The van der Waals surface area contributed by atoms with E-state index in [9.17, 15) is 9.90 Å². The summed E-state index contributed by atoms with van der Waals surface area (Å²) >= 11 is 11.2. The van der Waals surface area contributed by atoms with Crippen LogP contribution < -0.4 is 0 Å². The van der Waals surface area contributed by atoms with Crippen LogP contribution in [0.4, 0.5) is 0 Å². The number of Topliss-reactive ketones (excluding diaryl/α,β-unsaturated/α-hetero) is 1. The van der Waals surface area contributed by atoms with Gasteiger partial charge < -0.3 is 5.11 Å². The number of rotatable bonds is 3. The van der Waals surface area contributed by atoms with Crippen molar-refractivity contribution in [1.29, 1.82) is 0 Å². The fourth-order valence-corrected chi connectivity index (χ4v) is 2.46. The average Bonchev–Trinajstić information content (AvgIpc) is 2.47. The molecule has 0 aromatic rings. The first-order chi connectivity index (χ1) is 6.05. The fraction of sp³-hybridized carbons (Fsp3) is 0.889. The standard InChI is InChI=1S/C9H14Cl2O2/c1-6-2-3-7(8(6)12)9(13,4-10)5-11/h6-7,13H,2-5H2,1H3/t6-,7+/m0/s1. The highest BCUT2D eigenvalue weighted by molar-refractivity contribution is 6.22. The van der Waals surface area contributed by atoms with Gasteiger partial charge in [0.15, 0.2) is 0 Å². The van der Waals surface area contributed by atoms with Gasteiger partial charge in [-0.3, -0.25) is 4.79 Å². The molecular weight excluding hydrogens is 211 g/mol. The van der Waals surface area contributed by atoms with Gasteiger partial charge in [-0.05, 0) is 12.8 Å². The summed E-state index contributed by atoms with van der Waals surface area (Å²) in [4.78, 5) is 11.6. The lowest BCUT2D eigenvalue weighted by Gasteiger charge is -2.28. The predicted molar refractivity (Wildman–Crippen MR) is 53.3 cm³/mol. The Morgan fingerprint density at radius 1 is 1.46 bits per heavy atom. The van der Waals surface area contributed by atoms with Crippen LogP contribution in [0.3, 0.4) is 0 Å². The molecule has 76 valence electrons. The van der Waals surface area contributed by atoms with Crippen molar-refractivity contribution in [2.24, 2.45) is 11.8 Å². The molecule has 0 heterocycles. The molecule has 0 aromatic heterocycles. The molecule has 1 rings (SSSR count). The molecule has 0 spiro atoms. The molecule has 0 bridgehead atoms. The topological polar surface area (TPSA) is 37.3 Å². The summed E-state index contributed by atoms with van der Waals surface area (Å²) in [5.74, 6) is -0.163. The number of carbonyl (C=O) groups is 1. The number of hydrogen-bond donors (Lipinski definition) is 1. The normalized spacial score (nSPS) is 29.7. The average molecular weight is 225 g/mol. The van der Waals surface area contributed by atoms with Crippen LogP contribution in [0.5, 0.6) is 0 Å². The SMILES string of the molecule is C[C@H]1CC[C@@H](C(O)(CCl)CCl)C1=O. The second kappa shape index (κ2) is 4.16. The molecule has 13 heavy (non-hydrogen) atoms. The third-order valence-corrected chi connectivity index (χ3v) is 3.75. The summed E-state index contributed by atoms with van der Waals surface area (Å²) in [7, 11) is 0. The first-order valence-corrected chi connectivity index (χ1v) is 5.50. The van der Waals surface area contributed by atoms with Crippen LogP contribution in [0.15, 0.2) is 0 Å². The number of hydrogen-bond acceptors (Lipinski definition) is 2. The lowest BCUT2D eigenvalue weighted by Crippen LogP contribution is -2.44. The maximum atomic E-state index is 11.6. The van der Waals surface area contributed by atoms with Gasteiger partial charge >= 0.3 is 0 Å². The molecule has 0 aliphatic heterocycles. The summed E-state index contributed by atoms with van der Waals surface area (Å²) in [6.45, 7) is 1.88. The van der Waals surface area contributed by atoms with Crippen molar-refractivity contribution in [2.45, 2.75) is 25.4 Å². The third kappa shape index (κ3) is 2.00. The van der Waals surface area contributed by atoms with E-state index in [0.29, 0.717) is 6.42 Å². The molecule has 0 radical (unpaired) electrons. The van der Waals surface area contributed by atoms with Crippen LogP contribution in [0.1, 0.15) is 19.8 Å². The molecule has 4 heteroatoms. The van der Waals surface area contributed by atoms with Crippen LogP contribution in [-0.2, 0) is 4.79 Å². The Kier molecular flexibility index (Phi) is 3.61. The Bertz CT molecular complexity index is 202.